The summed E-state index contributed by atoms with van der Waals surface area (Å²) < 4.78 is 5.12. The van der Waals surface area contributed by atoms with Crippen molar-refractivity contribution in [2.24, 2.45) is 0 Å². The van der Waals surface area contributed by atoms with Crippen molar-refractivity contribution >= 4 is 11.6 Å². The van der Waals surface area contributed by atoms with Crippen molar-refractivity contribution in [2.45, 2.75) is 19.3 Å². The number of anilines is 1. The van der Waals surface area contributed by atoms with Crippen LogP contribution in [0.25, 0.3) is 0 Å². The SMILES string of the molecule is [CH2]CCCC(=O)Nc1ccccc1OC. The smallest absolute Gasteiger partial charge is 0.224 e. The van der Waals surface area contributed by atoms with Crippen molar-refractivity contribution in [3.8, 4) is 5.75 Å². The summed E-state index contributed by atoms with van der Waals surface area (Å²) in [4.78, 5) is 11.4. The summed E-state index contributed by atoms with van der Waals surface area (Å²) in [5.41, 5.74) is 0.717. The Hall–Kier alpha value is -1.51. The van der Waals surface area contributed by atoms with Gasteiger partial charge in [-0.15, -0.1) is 0 Å². The van der Waals surface area contributed by atoms with Gasteiger partial charge in [0.2, 0.25) is 5.91 Å². The largest absolute Gasteiger partial charge is 0.495 e. The molecule has 1 aromatic rings. The van der Waals surface area contributed by atoms with Crippen LogP contribution in [-0.2, 0) is 4.79 Å². The van der Waals surface area contributed by atoms with E-state index in [0.29, 0.717) is 17.9 Å². The van der Waals surface area contributed by atoms with Gasteiger partial charge in [0.1, 0.15) is 5.75 Å². The highest BCUT2D eigenvalue weighted by Crippen LogP contribution is 2.23. The lowest BCUT2D eigenvalue weighted by Gasteiger charge is -2.09. The Bertz CT molecular complexity index is 323. The molecular weight excluding hydrogens is 190 g/mol. The molecule has 0 bridgehead atoms. The molecule has 3 heteroatoms. The van der Waals surface area contributed by atoms with Crippen molar-refractivity contribution in [3.63, 3.8) is 0 Å². The zero-order valence-corrected chi connectivity index (χ0v) is 8.95. The first-order chi connectivity index (χ1) is 7.27. The van der Waals surface area contributed by atoms with E-state index in [1.54, 1.807) is 7.11 Å². The molecule has 1 radical (unpaired) electrons. The van der Waals surface area contributed by atoms with Crippen LogP contribution in [0.15, 0.2) is 24.3 Å². The number of rotatable bonds is 5. The highest BCUT2D eigenvalue weighted by molar-refractivity contribution is 5.92. The van der Waals surface area contributed by atoms with Gasteiger partial charge >= 0.3 is 0 Å². The molecule has 3 nitrogen and oxygen atoms in total. The van der Waals surface area contributed by atoms with Gasteiger partial charge in [0.05, 0.1) is 12.8 Å². The van der Waals surface area contributed by atoms with Crippen LogP contribution < -0.4 is 10.1 Å². The van der Waals surface area contributed by atoms with Crippen molar-refractivity contribution in [2.75, 3.05) is 12.4 Å². The molecule has 1 amide bonds. The number of methoxy groups -OCH3 is 1. The Morgan fingerprint density at radius 2 is 2.20 bits per heavy atom. The van der Waals surface area contributed by atoms with Gasteiger partial charge in [-0.1, -0.05) is 25.5 Å². The summed E-state index contributed by atoms with van der Waals surface area (Å²) in [7, 11) is 1.58. The van der Waals surface area contributed by atoms with Crippen LogP contribution >= 0.6 is 0 Å². The second kappa shape index (κ2) is 6.06. The van der Waals surface area contributed by atoms with Gasteiger partial charge in [-0.05, 0) is 18.6 Å². The molecule has 0 saturated heterocycles. The molecule has 0 spiro atoms. The quantitative estimate of drug-likeness (QED) is 0.804. The van der Waals surface area contributed by atoms with E-state index in [0.717, 1.165) is 12.8 Å². The maximum absolute atomic E-state index is 11.4. The molecular formula is C12H16NO2. The minimum atomic E-state index is 0.00292. The third-order valence-electron chi connectivity index (χ3n) is 2.03. The Morgan fingerprint density at radius 3 is 2.87 bits per heavy atom. The van der Waals surface area contributed by atoms with Crippen LogP contribution in [0.5, 0.6) is 5.75 Å². The van der Waals surface area contributed by atoms with Crippen molar-refractivity contribution in [1.82, 2.24) is 0 Å². The van der Waals surface area contributed by atoms with E-state index in [1.165, 1.54) is 0 Å². The Labute approximate surface area is 90.4 Å². The maximum Gasteiger partial charge on any atom is 0.224 e. The Balaban J connectivity index is 2.59. The van der Waals surface area contributed by atoms with Crippen molar-refractivity contribution in [1.29, 1.82) is 0 Å². The lowest BCUT2D eigenvalue weighted by molar-refractivity contribution is -0.116. The van der Waals surface area contributed by atoms with Gasteiger partial charge in [-0.25, -0.2) is 0 Å². The van der Waals surface area contributed by atoms with Crippen molar-refractivity contribution < 1.29 is 9.53 Å². The monoisotopic (exact) mass is 206 g/mol. The number of carbonyl (C=O) groups is 1. The fourth-order valence-corrected chi connectivity index (χ4v) is 1.25. The minimum Gasteiger partial charge on any atom is -0.495 e. The normalized spacial score (nSPS) is 9.73. The van der Waals surface area contributed by atoms with E-state index < -0.39 is 0 Å². The highest BCUT2D eigenvalue weighted by Gasteiger charge is 2.05. The molecule has 0 aliphatic carbocycles. The molecule has 0 saturated carbocycles. The van der Waals surface area contributed by atoms with E-state index >= 15 is 0 Å². The highest BCUT2D eigenvalue weighted by atomic mass is 16.5. The molecule has 1 aromatic carbocycles. The van der Waals surface area contributed by atoms with Gasteiger partial charge < -0.3 is 10.1 Å². The standard InChI is InChI=1S/C12H16NO2/c1-3-4-9-12(14)13-10-7-5-6-8-11(10)15-2/h5-8H,1,3-4,9H2,2H3,(H,13,14). The van der Waals surface area contributed by atoms with Gasteiger partial charge in [0, 0.05) is 6.42 Å². The van der Waals surface area contributed by atoms with E-state index in [9.17, 15) is 4.79 Å². The van der Waals surface area contributed by atoms with Crippen LogP contribution in [-0.4, -0.2) is 13.0 Å². The lowest BCUT2D eigenvalue weighted by atomic mass is 10.2. The number of ether oxygens (including phenoxy) is 1. The molecule has 0 aliphatic heterocycles. The van der Waals surface area contributed by atoms with E-state index in [-0.39, 0.29) is 5.91 Å². The van der Waals surface area contributed by atoms with Crippen LogP contribution in [0.2, 0.25) is 0 Å². The Morgan fingerprint density at radius 1 is 1.47 bits per heavy atom. The number of hydrogen-bond donors (Lipinski definition) is 1. The third kappa shape index (κ3) is 3.62. The third-order valence-corrected chi connectivity index (χ3v) is 2.03. The Kier molecular flexibility index (Phi) is 4.68. The number of carbonyl (C=O) groups excluding carboxylic acids is 1. The molecule has 0 heterocycles. The summed E-state index contributed by atoms with van der Waals surface area (Å²) in [6.45, 7) is 3.69. The average Bonchev–Trinajstić information content (AvgIpc) is 2.27. The molecule has 0 fully saturated rings. The molecule has 1 N–H and O–H groups in total. The summed E-state index contributed by atoms with van der Waals surface area (Å²) in [6.07, 6.45) is 2.09. The number of nitrogens with one attached hydrogen (secondary N) is 1. The first-order valence-corrected chi connectivity index (χ1v) is 5.00. The summed E-state index contributed by atoms with van der Waals surface area (Å²) in [5, 5.41) is 2.80. The van der Waals surface area contributed by atoms with Crippen LogP contribution in [0.3, 0.4) is 0 Å². The lowest BCUT2D eigenvalue weighted by Crippen LogP contribution is -2.11. The van der Waals surface area contributed by atoms with Crippen LogP contribution in [0, 0.1) is 6.92 Å². The number of unbranched alkanes of at least 4 members (excludes halogenated alkanes) is 1. The second-order valence-corrected chi connectivity index (χ2v) is 3.21. The van der Waals surface area contributed by atoms with Crippen LogP contribution in [0.4, 0.5) is 5.69 Å². The zero-order chi connectivity index (χ0) is 11.1. The number of para-hydroxylation sites is 2. The fraction of sp³-hybridized carbons (Fsp3) is 0.333. The van der Waals surface area contributed by atoms with Gasteiger partial charge in [0.15, 0.2) is 0 Å². The summed E-state index contributed by atoms with van der Waals surface area (Å²) >= 11 is 0. The predicted octanol–water partition coefficient (Wildman–Crippen LogP) is 2.64. The number of benzene rings is 1. The number of amides is 1. The molecule has 1 rings (SSSR count). The fourth-order valence-electron chi connectivity index (χ4n) is 1.25. The maximum atomic E-state index is 11.4. The average molecular weight is 206 g/mol. The second-order valence-electron chi connectivity index (χ2n) is 3.21. The first kappa shape index (κ1) is 11.6. The van der Waals surface area contributed by atoms with E-state index in [4.69, 9.17) is 4.74 Å². The topological polar surface area (TPSA) is 38.3 Å². The predicted molar refractivity (Wildman–Crippen MR) is 60.8 cm³/mol. The van der Waals surface area contributed by atoms with Gasteiger partial charge in [0.25, 0.3) is 0 Å². The van der Waals surface area contributed by atoms with Gasteiger partial charge in [-0.2, -0.15) is 0 Å². The molecule has 0 atom stereocenters. The van der Waals surface area contributed by atoms with E-state index in [1.807, 2.05) is 24.3 Å². The minimum absolute atomic E-state index is 0.00292. The van der Waals surface area contributed by atoms with E-state index in [2.05, 4.69) is 12.2 Å². The summed E-state index contributed by atoms with van der Waals surface area (Å²) in [5.74, 6) is 0.684. The van der Waals surface area contributed by atoms with Crippen LogP contribution in [0.1, 0.15) is 19.3 Å². The summed E-state index contributed by atoms with van der Waals surface area (Å²) in [6, 6.07) is 7.36. The molecule has 0 aromatic heterocycles. The van der Waals surface area contributed by atoms with Crippen molar-refractivity contribution in [3.05, 3.63) is 31.2 Å². The van der Waals surface area contributed by atoms with Gasteiger partial charge in [-0.3, -0.25) is 4.79 Å². The molecule has 0 unspecified atom stereocenters. The molecule has 81 valence electrons. The number of hydrogen-bond acceptors (Lipinski definition) is 2. The molecule has 15 heavy (non-hydrogen) atoms. The first-order valence-electron chi connectivity index (χ1n) is 5.00. The zero-order valence-electron chi connectivity index (χ0n) is 8.95. The molecule has 0 aliphatic rings.